The van der Waals surface area contributed by atoms with Gasteiger partial charge in [0.25, 0.3) is 0 Å². The van der Waals surface area contributed by atoms with Crippen LogP contribution in [0.25, 0.3) is 10.8 Å². The van der Waals surface area contributed by atoms with Gasteiger partial charge in [-0.15, -0.1) is 0 Å². The maximum absolute atomic E-state index is 13.8. The predicted molar refractivity (Wildman–Crippen MR) is 152 cm³/mol. The summed E-state index contributed by atoms with van der Waals surface area (Å²) < 4.78 is 72.0. The van der Waals surface area contributed by atoms with Crippen LogP contribution in [-0.4, -0.2) is 66.1 Å². The largest absolute Gasteiger partial charge is 0.496 e. The van der Waals surface area contributed by atoms with Gasteiger partial charge >= 0.3 is 18.1 Å². The van der Waals surface area contributed by atoms with E-state index >= 15 is 0 Å². The molecule has 0 amide bonds. The van der Waals surface area contributed by atoms with E-state index in [0.717, 1.165) is 8.72 Å². The molecule has 1 heterocycles. The number of carboxylic acid groups (broad SMARTS) is 1. The van der Waals surface area contributed by atoms with Gasteiger partial charge in [-0.2, -0.15) is 17.5 Å². The van der Waals surface area contributed by atoms with Gasteiger partial charge < -0.3 is 20.3 Å². The van der Waals surface area contributed by atoms with E-state index in [9.17, 15) is 26.4 Å². The monoisotopic (exact) mass is 647 g/mol. The van der Waals surface area contributed by atoms with E-state index in [1.807, 2.05) is 0 Å². The lowest BCUT2D eigenvalue weighted by molar-refractivity contribution is -0.192. The first-order chi connectivity index (χ1) is 19.8. The number of guanidine groups is 1. The number of sulfonamides is 1. The number of anilines is 1. The van der Waals surface area contributed by atoms with Gasteiger partial charge in [-0.3, -0.25) is 15.2 Å². The zero-order chi connectivity index (χ0) is 32.8. The fourth-order valence-electron chi connectivity index (χ4n) is 3.50. The van der Waals surface area contributed by atoms with Crippen molar-refractivity contribution in [1.82, 2.24) is 9.29 Å². The molecule has 0 aliphatic heterocycles. The predicted octanol–water partition coefficient (Wildman–Crippen LogP) is 4.26. The maximum Gasteiger partial charge on any atom is 0.490 e. The summed E-state index contributed by atoms with van der Waals surface area (Å²) >= 11 is 6.08. The number of hydrogen-bond donors (Lipinski definition) is 3. The number of carbonyl (C=O) groups excluding carboxylic acids is 1. The number of ether oxygens (including phenoxy) is 2. The number of halogens is 4. The molecule has 17 heteroatoms. The van der Waals surface area contributed by atoms with Crippen LogP contribution in [0.15, 0.2) is 59.8 Å². The Bertz CT molecular complexity index is 1600. The second-order valence-corrected chi connectivity index (χ2v) is 12.0. The highest BCUT2D eigenvalue weighted by atomic mass is 35.5. The molecule has 0 aliphatic carbocycles. The number of alkyl halides is 3. The smallest absolute Gasteiger partial charge is 0.490 e. The molecular formula is C26H29ClF3N5O7S. The number of rotatable bonds is 8. The number of aromatic nitrogens is 1. The van der Waals surface area contributed by atoms with E-state index in [0.29, 0.717) is 27.8 Å². The van der Waals surface area contributed by atoms with E-state index in [1.54, 1.807) is 51.1 Å². The Morgan fingerprint density at radius 1 is 1.12 bits per heavy atom. The molecule has 0 saturated heterocycles. The Morgan fingerprint density at radius 3 is 2.26 bits per heavy atom. The van der Waals surface area contributed by atoms with Crippen LogP contribution in [-0.2, 0) is 30.9 Å². The Hall–Kier alpha value is -4.15. The Morgan fingerprint density at radius 2 is 1.72 bits per heavy atom. The Balaban J connectivity index is 0.000000821. The van der Waals surface area contributed by atoms with Crippen molar-refractivity contribution in [3.05, 3.63) is 60.4 Å². The average Bonchev–Trinajstić information content (AvgIpc) is 2.90. The molecule has 3 aromatic rings. The van der Waals surface area contributed by atoms with E-state index in [2.05, 4.69) is 4.98 Å². The van der Waals surface area contributed by atoms with Crippen molar-refractivity contribution in [3.8, 4) is 5.75 Å². The van der Waals surface area contributed by atoms with Crippen molar-refractivity contribution >= 4 is 56.2 Å². The summed E-state index contributed by atoms with van der Waals surface area (Å²) in [5, 5.41) is 15.7. The van der Waals surface area contributed by atoms with Gasteiger partial charge in [-0.05, 0) is 39.0 Å². The molecule has 0 spiro atoms. The summed E-state index contributed by atoms with van der Waals surface area (Å²) in [6, 6.07) is 11.3. The number of pyridine rings is 1. The molecule has 0 unspecified atom stereocenters. The fourth-order valence-corrected chi connectivity index (χ4v) is 5.03. The molecule has 0 saturated carbocycles. The number of nitrogens with two attached hydrogens (primary N) is 1. The van der Waals surface area contributed by atoms with Crippen LogP contribution in [0.5, 0.6) is 5.75 Å². The highest BCUT2D eigenvalue weighted by Gasteiger charge is 2.38. The number of nitrogens with one attached hydrogen (secondary N) is 1. The third-order valence-electron chi connectivity index (χ3n) is 5.28. The lowest BCUT2D eigenvalue weighted by atomic mass is 10.1. The van der Waals surface area contributed by atoms with Gasteiger partial charge in [0.2, 0.25) is 16.0 Å². The van der Waals surface area contributed by atoms with E-state index < -0.39 is 46.2 Å². The first-order valence-corrected chi connectivity index (χ1v) is 13.9. The molecule has 1 aromatic heterocycles. The number of methoxy groups -OCH3 is 1. The third-order valence-corrected chi connectivity index (χ3v) is 7.43. The minimum absolute atomic E-state index is 0.0589. The summed E-state index contributed by atoms with van der Waals surface area (Å²) in [5.74, 6) is -3.37. The maximum atomic E-state index is 13.8. The molecule has 0 radical (unpaired) electrons. The van der Waals surface area contributed by atoms with Crippen molar-refractivity contribution in [2.75, 3.05) is 18.1 Å². The summed E-state index contributed by atoms with van der Waals surface area (Å²) in [6.45, 7) is 4.49. The van der Waals surface area contributed by atoms with Crippen LogP contribution >= 0.6 is 11.8 Å². The van der Waals surface area contributed by atoms with Crippen LogP contribution in [0.2, 0.25) is 0 Å². The molecule has 4 N–H and O–H groups in total. The van der Waals surface area contributed by atoms with Crippen molar-refractivity contribution in [3.63, 3.8) is 0 Å². The first-order valence-electron chi connectivity index (χ1n) is 12.1. The standard InChI is InChI=1S/C24H28ClN5O5S.C2HF3O2/c1-24(2,3)35-22(31)15-29(14-16-7-5-6-8-21(16)34-4)36(32,33)18-9-10-19-17(11-18)12-28-13-20(19)30(25)23(26)27;3-2(4,5)1(6)7/h5-13H,14-15H2,1-4H3,(H3,26,27);(H,6,7). The molecule has 0 atom stereocenters. The molecular weight excluding hydrogens is 619 g/mol. The van der Waals surface area contributed by atoms with Crippen LogP contribution in [0.4, 0.5) is 18.9 Å². The number of carbonyl (C=O) groups is 2. The quantitative estimate of drug-likeness (QED) is 0.139. The molecule has 0 aliphatic rings. The number of carboxylic acids is 1. The summed E-state index contributed by atoms with van der Waals surface area (Å²) in [4.78, 5) is 25.6. The summed E-state index contributed by atoms with van der Waals surface area (Å²) in [5.41, 5.74) is 5.60. The number of aliphatic carboxylic acids is 1. The fraction of sp³-hybridized carbons (Fsp3) is 0.308. The van der Waals surface area contributed by atoms with Gasteiger partial charge in [-0.1, -0.05) is 24.3 Å². The topological polar surface area (TPSA) is 176 Å². The first kappa shape index (κ1) is 35.0. The number of nitrogens with zero attached hydrogens (tertiary/aromatic N) is 3. The third kappa shape index (κ3) is 9.69. The van der Waals surface area contributed by atoms with Crippen molar-refractivity contribution in [1.29, 1.82) is 5.41 Å². The van der Waals surface area contributed by atoms with Crippen molar-refractivity contribution in [2.45, 2.75) is 44.0 Å². The normalized spacial score (nSPS) is 11.8. The molecule has 0 fully saturated rings. The SMILES string of the molecule is COc1ccccc1CN(CC(=O)OC(C)(C)C)S(=O)(=O)c1ccc2c(N(Cl)C(=N)N)cncc2c1.O=C(O)C(F)(F)F. The van der Waals surface area contributed by atoms with Gasteiger partial charge in [-0.25, -0.2) is 17.6 Å². The molecule has 3 rings (SSSR count). The van der Waals surface area contributed by atoms with Crippen molar-refractivity contribution in [2.24, 2.45) is 5.73 Å². The minimum atomic E-state index is -5.08. The Kier molecular flexibility index (Phi) is 11.3. The number of fused-ring (bicyclic) bond motifs is 1. The molecule has 43 heavy (non-hydrogen) atoms. The zero-order valence-corrected chi connectivity index (χ0v) is 24.9. The second-order valence-electron chi connectivity index (χ2n) is 9.68. The molecule has 0 bridgehead atoms. The van der Waals surface area contributed by atoms with Crippen LogP contribution in [0, 0.1) is 5.41 Å². The minimum Gasteiger partial charge on any atom is -0.496 e. The molecule has 2 aromatic carbocycles. The van der Waals surface area contributed by atoms with Gasteiger partial charge in [0.05, 0.1) is 23.9 Å². The van der Waals surface area contributed by atoms with Gasteiger partial charge in [0, 0.05) is 40.9 Å². The van der Waals surface area contributed by atoms with E-state index in [-0.39, 0.29) is 11.4 Å². The van der Waals surface area contributed by atoms with Gasteiger partial charge in [0.15, 0.2) is 0 Å². The highest BCUT2D eigenvalue weighted by Crippen LogP contribution is 2.31. The lowest BCUT2D eigenvalue weighted by Crippen LogP contribution is -2.38. The van der Waals surface area contributed by atoms with Gasteiger partial charge in [0.1, 0.15) is 17.9 Å². The molecule has 234 valence electrons. The number of para-hydroxylation sites is 1. The van der Waals surface area contributed by atoms with E-state index in [4.69, 9.17) is 42.3 Å². The Labute approximate surface area is 250 Å². The van der Waals surface area contributed by atoms with Crippen LogP contribution in [0.1, 0.15) is 26.3 Å². The van der Waals surface area contributed by atoms with E-state index in [1.165, 1.54) is 31.6 Å². The lowest BCUT2D eigenvalue weighted by Gasteiger charge is -2.25. The summed E-state index contributed by atoms with van der Waals surface area (Å²) in [7, 11) is -2.69. The second kappa shape index (κ2) is 13.9. The van der Waals surface area contributed by atoms with Crippen LogP contribution < -0.4 is 14.9 Å². The number of hydrogen-bond acceptors (Lipinski definition) is 8. The van der Waals surface area contributed by atoms with Crippen LogP contribution in [0.3, 0.4) is 0 Å². The van der Waals surface area contributed by atoms with Crippen molar-refractivity contribution < 1.29 is 45.8 Å². The number of benzene rings is 2. The molecule has 12 nitrogen and oxygen atoms in total. The highest BCUT2D eigenvalue weighted by molar-refractivity contribution is 7.89. The summed E-state index contributed by atoms with van der Waals surface area (Å²) in [6.07, 6.45) is -2.19. The average molecular weight is 648 g/mol. The number of esters is 1. The zero-order valence-electron chi connectivity index (χ0n) is 23.3.